The molecule has 18 heavy (non-hydrogen) atoms. The number of rotatable bonds is 5. The Bertz CT molecular complexity index is 414. The van der Waals surface area contributed by atoms with Crippen molar-refractivity contribution >= 4 is 11.9 Å². The van der Waals surface area contributed by atoms with Gasteiger partial charge in [0.25, 0.3) is 5.91 Å². The Morgan fingerprint density at radius 1 is 1.22 bits per heavy atom. The Balaban J connectivity index is 2.64. The van der Waals surface area contributed by atoms with Crippen LogP contribution in [-0.4, -0.2) is 32.1 Å². The Morgan fingerprint density at radius 2 is 1.83 bits per heavy atom. The highest BCUT2D eigenvalue weighted by molar-refractivity contribution is 5.96. The summed E-state index contributed by atoms with van der Waals surface area (Å²) in [6.45, 7) is 2.07. The molecule has 0 radical (unpaired) electrons. The molecular weight excluding hydrogens is 234 g/mol. The number of ether oxygens (including phenoxy) is 2. The first-order chi connectivity index (χ1) is 8.58. The molecule has 0 aliphatic rings. The summed E-state index contributed by atoms with van der Waals surface area (Å²) in [5, 5.41) is 2.55. The summed E-state index contributed by atoms with van der Waals surface area (Å²) < 4.78 is 9.51. The first-order valence-corrected chi connectivity index (χ1v) is 5.55. The van der Waals surface area contributed by atoms with Gasteiger partial charge in [0.15, 0.2) is 0 Å². The lowest BCUT2D eigenvalue weighted by Gasteiger charge is -2.11. The third kappa shape index (κ3) is 3.85. The molecule has 1 aromatic rings. The number of nitrogens with one attached hydrogen (secondary N) is 1. The molecular formula is C13H17NO4. The van der Waals surface area contributed by atoms with E-state index >= 15 is 0 Å². The molecule has 0 aliphatic heterocycles. The van der Waals surface area contributed by atoms with Crippen molar-refractivity contribution in [3.63, 3.8) is 0 Å². The number of amides is 1. The fourth-order valence-electron chi connectivity index (χ4n) is 1.43. The van der Waals surface area contributed by atoms with Crippen molar-refractivity contribution in [3.05, 3.63) is 35.4 Å². The topological polar surface area (TPSA) is 64.6 Å². The molecule has 0 aliphatic carbocycles. The molecule has 0 bridgehead atoms. The molecule has 1 N–H and O–H groups in total. The lowest BCUT2D eigenvalue weighted by atomic mass is 10.1. The van der Waals surface area contributed by atoms with Crippen molar-refractivity contribution < 1.29 is 19.1 Å². The van der Waals surface area contributed by atoms with E-state index in [0.29, 0.717) is 12.2 Å². The zero-order valence-corrected chi connectivity index (χ0v) is 10.7. The predicted molar refractivity (Wildman–Crippen MR) is 66.1 cm³/mol. The smallest absolute Gasteiger partial charge is 0.328 e. The zero-order chi connectivity index (χ0) is 13.5. The third-order valence-corrected chi connectivity index (χ3v) is 2.43. The number of hydrogen-bond donors (Lipinski definition) is 1. The van der Waals surface area contributed by atoms with Crippen LogP contribution in [0.25, 0.3) is 0 Å². The fourth-order valence-corrected chi connectivity index (χ4v) is 1.43. The Labute approximate surface area is 106 Å². The quantitative estimate of drug-likeness (QED) is 0.797. The molecule has 98 valence electrons. The molecule has 0 spiro atoms. The minimum absolute atomic E-state index is 0.308. The molecule has 5 nitrogen and oxygen atoms in total. The minimum Gasteiger partial charge on any atom is -0.467 e. The van der Waals surface area contributed by atoms with Crippen LogP contribution in [0.1, 0.15) is 22.8 Å². The second-order valence-electron chi connectivity index (χ2n) is 3.85. The van der Waals surface area contributed by atoms with Crippen LogP contribution < -0.4 is 5.32 Å². The highest BCUT2D eigenvalue weighted by Gasteiger charge is 2.16. The summed E-state index contributed by atoms with van der Waals surface area (Å²) in [6, 6.07) is 6.32. The monoisotopic (exact) mass is 251 g/mol. The second-order valence-corrected chi connectivity index (χ2v) is 3.85. The van der Waals surface area contributed by atoms with E-state index in [4.69, 9.17) is 4.74 Å². The summed E-state index contributed by atoms with van der Waals surface area (Å²) in [5.74, 6) is -0.781. The molecule has 1 unspecified atom stereocenters. The summed E-state index contributed by atoms with van der Waals surface area (Å²) in [5.41, 5.74) is 1.47. The number of benzene rings is 1. The first-order valence-electron chi connectivity index (χ1n) is 5.55. The molecule has 1 amide bonds. The molecule has 0 fully saturated rings. The molecule has 1 atom stereocenters. The molecule has 0 heterocycles. The molecule has 0 saturated heterocycles. The summed E-state index contributed by atoms with van der Waals surface area (Å²) in [6.07, 6.45) is 0. The third-order valence-electron chi connectivity index (χ3n) is 2.43. The molecule has 0 saturated carbocycles. The summed E-state index contributed by atoms with van der Waals surface area (Å²) in [4.78, 5) is 23.0. The largest absolute Gasteiger partial charge is 0.467 e. The van der Waals surface area contributed by atoms with E-state index < -0.39 is 12.0 Å². The second kappa shape index (κ2) is 6.76. The van der Waals surface area contributed by atoms with E-state index in [2.05, 4.69) is 10.1 Å². The van der Waals surface area contributed by atoms with Crippen molar-refractivity contribution in [2.75, 3.05) is 14.2 Å². The highest BCUT2D eigenvalue weighted by Crippen LogP contribution is 2.06. The zero-order valence-electron chi connectivity index (χ0n) is 10.7. The van der Waals surface area contributed by atoms with Gasteiger partial charge >= 0.3 is 5.97 Å². The summed E-state index contributed by atoms with van der Waals surface area (Å²) >= 11 is 0. The van der Waals surface area contributed by atoms with Gasteiger partial charge in [-0.25, -0.2) is 4.79 Å². The van der Waals surface area contributed by atoms with E-state index in [-0.39, 0.29) is 5.91 Å². The van der Waals surface area contributed by atoms with Crippen LogP contribution in [-0.2, 0) is 20.9 Å². The van der Waals surface area contributed by atoms with Crippen LogP contribution >= 0.6 is 0 Å². The van der Waals surface area contributed by atoms with Gasteiger partial charge in [-0.3, -0.25) is 4.79 Å². The van der Waals surface area contributed by atoms with Crippen LogP contribution in [0.3, 0.4) is 0 Å². The lowest BCUT2D eigenvalue weighted by molar-refractivity contribution is -0.142. The maximum absolute atomic E-state index is 11.8. The van der Waals surface area contributed by atoms with Gasteiger partial charge in [0, 0.05) is 12.7 Å². The van der Waals surface area contributed by atoms with Gasteiger partial charge < -0.3 is 14.8 Å². The number of esters is 1. The minimum atomic E-state index is -0.666. The van der Waals surface area contributed by atoms with Crippen molar-refractivity contribution in [2.24, 2.45) is 0 Å². The molecule has 1 rings (SSSR count). The van der Waals surface area contributed by atoms with Crippen LogP contribution in [0.2, 0.25) is 0 Å². The van der Waals surface area contributed by atoms with Gasteiger partial charge in [0.05, 0.1) is 13.7 Å². The predicted octanol–water partition coefficient (Wildman–Crippen LogP) is 1.12. The van der Waals surface area contributed by atoms with Gasteiger partial charge in [0.1, 0.15) is 6.04 Å². The average molecular weight is 251 g/mol. The standard InChI is InChI=1S/C13H17NO4/c1-9(13(16)18-3)14-12(15)11-6-4-10(5-7-11)8-17-2/h4-7,9H,8H2,1-3H3,(H,14,15). The molecule has 5 heteroatoms. The van der Waals surface area contributed by atoms with E-state index in [0.717, 1.165) is 5.56 Å². The van der Waals surface area contributed by atoms with Crippen LogP contribution in [0.15, 0.2) is 24.3 Å². The van der Waals surface area contributed by atoms with Crippen molar-refractivity contribution in [1.29, 1.82) is 0 Å². The normalized spacial score (nSPS) is 11.7. The van der Waals surface area contributed by atoms with E-state index in [1.54, 1.807) is 38.3 Å². The highest BCUT2D eigenvalue weighted by atomic mass is 16.5. The van der Waals surface area contributed by atoms with Gasteiger partial charge in [-0.15, -0.1) is 0 Å². The van der Waals surface area contributed by atoms with Crippen molar-refractivity contribution in [1.82, 2.24) is 5.32 Å². The Hall–Kier alpha value is -1.88. The number of carbonyl (C=O) groups is 2. The maximum atomic E-state index is 11.8. The van der Waals surface area contributed by atoms with Gasteiger partial charge in [-0.1, -0.05) is 12.1 Å². The Morgan fingerprint density at radius 3 is 2.33 bits per heavy atom. The van der Waals surface area contributed by atoms with Gasteiger partial charge in [0.2, 0.25) is 0 Å². The number of hydrogen-bond acceptors (Lipinski definition) is 4. The lowest BCUT2D eigenvalue weighted by Crippen LogP contribution is -2.39. The van der Waals surface area contributed by atoms with Crippen LogP contribution in [0.5, 0.6) is 0 Å². The fraction of sp³-hybridized carbons (Fsp3) is 0.385. The molecule has 1 aromatic carbocycles. The van der Waals surface area contributed by atoms with Crippen LogP contribution in [0, 0.1) is 0 Å². The Kier molecular flexibility index (Phi) is 5.32. The average Bonchev–Trinajstić information content (AvgIpc) is 2.38. The maximum Gasteiger partial charge on any atom is 0.328 e. The van der Waals surface area contributed by atoms with Crippen molar-refractivity contribution in [3.8, 4) is 0 Å². The number of carbonyl (C=O) groups excluding carboxylic acids is 2. The number of methoxy groups -OCH3 is 2. The first kappa shape index (κ1) is 14.2. The summed E-state index contributed by atoms with van der Waals surface area (Å²) in [7, 11) is 2.89. The van der Waals surface area contributed by atoms with Gasteiger partial charge in [-0.2, -0.15) is 0 Å². The van der Waals surface area contributed by atoms with E-state index in [9.17, 15) is 9.59 Å². The van der Waals surface area contributed by atoms with E-state index in [1.165, 1.54) is 7.11 Å². The van der Waals surface area contributed by atoms with Crippen molar-refractivity contribution in [2.45, 2.75) is 19.6 Å². The molecule has 0 aromatic heterocycles. The SMILES string of the molecule is COCc1ccc(C(=O)NC(C)C(=O)OC)cc1. The van der Waals surface area contributed by atoms with Crippen LogP contribution in [0.4, 0.5) is 0 Å². The van der Waals surface area contributed by atoms with E-state index in [1.807, 2.05) is 0 Å². The van der Waals surface area contributed by atoms with Gasteiger partial charge in [-0.05, 0) is 24.6 Å².